The molecule has 5 rings (SSSR count). The summed E-state index contributed by atoms with van der Waals surface area (Å²) in [7, 11) is 0. The number of hydrogen-bond acceptors (Lipinski definition) is 5. The highest BCUT2D eigenvalue weighted by molar-refractivity contribution is 6.07. The lowest BCUT2D eigenvalue weighted by Crippen LogP contribution is -2.51. The van der Waals surface area contributed by atoms with E-state index in [1.807, 2.05) is 66.7 Å². The van der Waals surface area contributed by atoms with Crippen LogP contribution < -0.4 is 15.0 Å². The Labute approximate surface area is 196 Å². The predicted molar refractivity (Wildman–Crippen MR) is 128 cm³/mol. The molecule has 1 aliphatic rings. The molecule has 1 aliphatic heterocycles. The van der Waals surface area contributed by atoms with E-state index >= 15 is 0 Å². The first-order valence-electron chi connectivity index (χ1n) is 11.1. The topological polar surface area (TPSA) is 84.7 Å². The smallest absolute Gasteiger partial charge is 0.280 e. The van der Waals surface area contributed by atoms with Crippen LogP contribution in [0.15, 0.2) is 95.5 Å². The minimum atomic E-state index is -0.838. The lowest BCUT2D eigenvalue weighted by atomic mass is 10.1. The third kappa shape index (κ3) is 4.54. The van der Waals surface area contributed by atoms with Crippen molar-refractivity contribution in [1.29, 1.82) is 0 Å². The molecule has 2 heterocycles. The van der Waals surface area contributed by atoms with E-state index in [0.717, 1.165) is 11.1 Å². The highest BCUT2D eigenvalue weighted by atomic mass is 16.5. The van der Waals surface area contributed by atoms with Crippen molar-refractivity contribution >= 4 is 17.5 Å². The second kappa shape index (κ2) is 9.62. The maximum absolute atomic E-state index is 13.4. The van der Waals surface area contributed by atoms with E-state index in [4.69, 9.17) is 9.26 Å². The van der Waals surface area contributed by atoms with Crippen molar-refractivity contribution in [3.8, 4) is 17.1 Å². The molecule has 0 bridgehead atoms. The van der Waals surface area contributed by atoms with E-state index < -0.39 is 6.10 Å². The molecule has 170 valence electrons. The Morgan fingerprint density at radius 2 is 1.65 bits per heavy atom. The standard InChI is InChI=1S/C27H23N3O4/c31-26(28-16-15-19-9-3-1-4-10-19)25-18-30(22-13-7-8-14-23(22)33-25)27(32)21-17-24(34-29-21)20-11-5-2-6-12-20/h1-14,17,25H,15-16,18H2,(H,28,31)/t25-/m0/s1. The van der Waals surface area contributed by atoms with Crippen LogP contribution >= 0.6 is 0 Å². The highest BCUT2D eigenvalue weighted by Crippen LogP contribution is 2.34. The Morgan fingerprint density at radius 3 is 2.44 bits per heavy atom. The molecule has 0 unspecified atom stereocenters. The average molecular weight is 453 g/mol. The van der Waals surface area contributed by atoms with Crippen molar-refractivity contribution in [2.45, 2.75) is 12.5 Å². The molecule has 3 aromatic carbocycles. The van der Waals surface area contributed by atoms with E-state index in [1.54, 1.807) is 24.3 Å². The van der Waals surface area contributed by atoms with Crippen LogP contribution in [0.1, 0.15) is 16.1 Å². The van der Waals surface area contributed by atoms with Crippen LogP contribution in [0.25, 0.3) is 11.3 Å². The number of nitrogens with one attached hydrogen (secondary N) is 1. The summed E-state index contributed by atoms with van der Waals surface area (Å²) in [5, 5.41) is 6.91. The van der Waals surface area contributed by atoms with Crippen LogP contribution in [0.2, 0.25) is 0 Å². The first-order chi connectivity index (χ1) is 16.7. The second-order valence-corrected chi connectivity index (χ2v) is 7.96. The van der Waals surface area contributed by atoms with Crippen molar-refractivity contribution in [3.63, 3.8) is 0 Å². The Hall–Kier alpha value is -4.39. The fourth-order valence-corrected chi connectivity index (χ4v) is 3.90. The molecule has 7 heteroatoms. The number of ether oxygens (including phenoxy) is 1. The van der Waals surface area contributed by atoms with Gasteiger partial charge in [-0.3, -0.25) is 14.5 Å². The van der Waals surface area contributed by atoms with Gasteiger partial charge >= 0.3 is 0 Å². The fraction of sp³-hybridized carbons (Fsp3) is 0.148. The molecular weight excluding hydrogens is 430 g/mol. The molecule has 1 aromatic heterocycles. The van der Waals surface area contributed by atoms with Gasteiger partial charge in [-0.15, -0.1) is 0 Å². The van der Waals surface area contributed by atoms with Gasteiger partial charge in [-0.05, 0) is 24.1 Å². The molecule has 0 fully saturated rings. The number of benzene rings is 3. The molecule has 0 aliphatic carbocycles. The van der Waals surface area contributed by atoms with Gasteiger partial charge < -0.3 is 14.6 Å². The summed E-state index contributed by atoms with van der Waals surface area (Å²) in [6.07, 6.45) is -0.130. The van der Waals surface area contributed by atoms with E-state index in [1.165, 1.54) is 4.90 Å². The number of nitrogens with zero attached hydrogens (tertiary/aromatic N) is 2. The van der Waals surface area contributed by atoms with Gasteiger partial charge in [-0.1, -0.05) is 78.0 Å². The van der Waals surface area contributed by atoms with Crippen LogP contribution in [0.4, 0.5) is 5.69 Å². The maximum atomic E-state index is 13.4. The molecule has 0 spiro atoms. The number of carbonyl (C=O) groups is 2. The summed E-state index contributed by atoms with van der Waals surface area (Å²) in [5.41, 5.74) is 2.71. The summed E-state index contributed by atoms with van der Waals surface area (Å²) in [5.74, 6) is 0.343. The number of para-hydroxylation sites is 2. The average Bonchev–Trinajstić information content (AvgIpc) is 3.39. The Kier molecular flexibility index (Phi) is 6.07. The van der Waals surface area contributed by atoms with Crippen LogP contribution in [0, 0.1) is 0 Å². The Morgan fingerprint density at radius 1 is 0.941 bits per heavy atom. The lowest BCUT2D eigenvalue weighted by Gasteiger charge is -2.33. The monoisotopic (exact) mass is 453 g/mol. The predicted octanol–water partition coefficient (Wildman–Crippen LogP) is 4.11. The van der Waals surface area contributed by atoms with Gasteiger partial charge in [-0.25, -0.2) is 0 Å². The molecule has 0 radical (unpaired) electrons. The van der Waals surface area contributed by atoms with E-state index in [-0.39, 0.29) is 24.1 Å². The first kappa shape index (κ1) is 21.5. The highest BCUT2D eigenvalue weighted by Gasteiger charge is 2.35. The molecular formula is C27H23N3O4. The number of rotatable bonds is 6. The number of carbonyl (C=O) groups excluding carboxylic acids is 2. The van der Waals surface area contributed by atoms with Crippen molar-refractivity contribution in [2.24, 2.45) is 0 Å². The zero-order valence-corrected chi connectivity index (χ0v) is 18.4. The second-order valence-electron chi connectivity index (χ2n) is 7.96. The Balaban J connectivity index is 1.32. The fourth-order valence-electron chi connectivity index (χ4n) is 3.90. The molecule has 0 saturated carbocycles. The van der Waals surface area contributed by atoms with Gasteiger partial charge in [0.2, 0.25) is 0 Å². The summed E-state index contributed by atoms with van der Waals surface area (Å²) in [6.45, 7) is 0.544. The summed E-state index contributed by atoms with van der Waals surface area (Å²) in [6, 6.07) is 28.1. The molecule has 34 heavy (non-hydrogen) atoms. The number of fused-ring (bicyclic) bond motifs is 1. The summed E-state index contributed by atoms with van der Waals surface area (Å²) >= 11 is 0. The molecule has 2 amide bonds. The molecule has 0 saturated heterocycles. The Bertz CT molecular complexity index is 1290. The first-order valence-corrected chi connectivity index (χ1v) is 11.1. The van der Waals surface area contributed by atoms with E-state index in [0.29, 0.717) is 30.2 Å². The zero-order chi connectivity index (χ0) is 23.3. The van der Waals surface area contributed by atoms with Crippen LogP contribution in [-0.2, 0) is 11.2 Å². The maximum Gasteiger partial charge on any atom is 0.280 e. The largest absolute Gasteiger partial charge is 0.477 e. The van der Waals surface area contributed by atoms with Gasteiger partial charge in [-0.2, -0.15) is 0 Å². The number of aromatic nitrogens is 1. The minimum Gasteiger partial charge on any atom is -0.477 e. The van der Waals surface area contributed by atoms with Gasteiger partial charge in [0, 0.05) is 18.2 Å². The van der Waals surface area contributed by atoms with Gasteiger partial charge in [0.1, 0.15) is 5.75 Å². The minimum absolute atomic E-state index is 0.0700. The molecule has 4 aromatic rings. The van der Waals surface area contributed by atoms with Crippen LogP contribution in [0.5, 0.6) is 5.75 Å². The van der Waals surface area contributed by atoms with E-state index in [9.17, 15) is 9.59 Å². The normalized spacial score (nSPS) is 14.7. The molecule has 7 nitrogen and oxygen atoms in total. The summed E-state index contributed by atoms with van der Waals surface area (Å²) in [4.78, 5) is 27.8. The lowest BCUT2D eigenvalue weighted by molar-refractivity contribution is -0.127. The van der Waals surface area contributed by atoms with Crippen LogP contribution in [0.3, 0.4) is 0 Å². The SMILES string of the molecule is O=C(NCCc1ccccc1)[C@@H]1CN(C(=O)c2cc(-c3ccccc3)on2)c2ccccc2O1. The number of anilines is 1. The number of hydrogen-bond donors (Lipinski definition) is 1. The van der Waals surface area contributed by atoms with Gasteiger partial charge in [0.05, 0.1) is 12.2 Å². The van der Waals surface area contributed by atoms with Crippen LogP contribution in [-0.4, -0.2) is 36.2 Å². The van der Waals surface area contributed by atoms with E-state index in [2.05, 4.69) is 10.5 Å². The van der Waals surface area contributed by atoms with Crippen molar-refractivity contribution in [1.82, 2.24) is 10.5 Å². The third-order valence-electron chi connectivity index (χ3n) is 5.65. The third-order valence-corrected chi connectivity index (χ3v) is 5.65. The number of amides is 2. The quantitative estimate of drug-likeness (QED) is 0.475. The molecule has 1 N–H and O–H groups in total. The van der Waals surface area contributed by atoms with Crippen molar-refractivity contribution in [2.75, 3.05) is 18.0 Å². The zero-order valence-electron chi connectivity index (χ0n) is 18.4. The molecule has 1 atom stereocenters. The van der Waals surface area contributed by atoms with Gasteiger partial charge in [0.25, 0.3) is 11.8 Å². The van der Waals surface area contributed by atoms with Crippen molar-refractivity contribution < 1.29 is 18.8 Å². The summed E-state index contributed by atoms with van der Waals surface area (Å²) < 4.78 is 11.3. The van der Waals surface area contributed by atoms with Crippen molar-refractivity contribution in [3.05, 3.63) is 102 Å². The van der Waals surface area contributed by atoms with Gasteiger partial charge in [0.15, 0.2) is 17.6 Å².